The second-order valence-corrected chi connectivity index (χ2v) is 6.02. The van der Waals surface area contributed by atoms with Crippen LogP contribution in [0.3, 0.4) is 0 Å². The van der Waals surface area contributed by atoms with Crippen LogP contribution in [0.4, 0.5) is 0 Å². The molecular formula is C17H22N4O. The SMILES string of the molecule is NC1CCC(C(=O)NCc2cnn(Cc3ccccc3)c2)C1. The van der Waals surface area contributed by atoms with Gasteiger partial charge in [0.15, 0.2) is 0 Å². The highest BCUT2D eigenvalue weighted by Gasteiger charge is 2.27. The third kappa shape index (κ3) is 3.74. The molecule has 3 rings (SSSR count). The molecular weight excluding hydrogens is 276 g/mol. The molecule has 1 saturated carbocycles. The highest BCUT2D eigenvalue weighted by molar-refractivity contribution is 5.78. The minimum absolute atomic E-state index is 0.0781. The first-order valence-corrected chi connectivity index (χ1v) is 7.79. The van der Waals surface area contributed by atoms with Crippen molar-refractivity contribution >= 4 is 5.91 Å². The molecule has 0 spiro atoms. The van der Waals surface area contributed by atoms with Crippen molar-refractivity contribution in [3.05, 3.63) is 53.9 Å². The second-order valence-electron chi connectivity index (χ2n) is 6.02. The molecule has 1 aromatic carbocycles. The number of carbonyl (C=O) groups is 1. The molecule has 0 saturated heterocycles. The summed E-state index contributed by atoms with van der Waals surface area (Å²) < 4.78 is 1.89. The minimum Gasteiger partial charge on any atom is -0.352 e. The molecule has 0 bridgehead atoms. The van der Waals surface area contributed by atoms with Crippen molar-refractivity contribution in [3.8, 4) is 0 Å². The van der Waals surface area contributed by atoms with Crippen molar-refractivity contribution < 1.29 is 4.79 Å². The van der Waals surface area contributed by atoms with E-state index in [1.165, 1.54) is 5.56 Å². The van der Waals surface area contributed by atoms with Crippen LogP contribution in [0.2, 0.25) is 0 Å². The van der Waals surface area contributed by atoms with E-state index in [2.05, 4.69) is 22.5 Å². The van der Waals surface area contributed by atoms with Crippen LogP contribution in [0.1, 0.15) is 30.4 Å². The molecule has 1 aliphatic carbocycles. The molecule has 2 aromatic rings. The second kappa shape index (κ2) is 6.75. The normalized spacial score (nSPS) is 21.0. The number of nitrogens with zero attached hydrogens (tertiary/aromatic N) is 2. The van der Waals surface area contributed by atoms with Gasteiger partial charge in [-0.3, -0.25) is 9.48 Å². The summed E-state index contributed by atoms with van der Waals surface area (Å²) in [5, 5.41) is 7.34. The van der Waals surface area contributed by atoms with Gasteiger partial charge < -0.3 is 11.1 Å². The zero-order chi connectivity index (χ0) is 15.4. The van der Waals surface area contributed by atoms with E-state index in [1.807, 2.05) is 35.3 Å². The summed E-state index contributed by atoms with van der Waals surface area (Å²) in [5.41, 5.74) is 8.08. The van der Waals surface area contributed by atoms with Crippen LogP contribution in [-0.2, 0) is 17.9 Å². The Balaban J connectivity index is 1.50. The average molecular weight is 298 g/mol. The predicted octanol–water partition coefficient (Wildman–Crippen LogP) is 1.67. The van der Waals surface area contributed by atoms with Gasteiger partial charge >= 0.3 is 0 Å². The first-order chi connectivity index (χ1) is 10.7. The molecule has 116 valence electrons. The lowest BCUT2D eigenvalue weighted by Crippen LogP contribution is -2.29. The van der Waals surface area contributed by atoms with E-state index < -0.39 is 0 Å². The molecule has 2 atom stereocenters. The Morgan fingerprint density at radius 2 is 2.09 bits per heavy atom. The number of nitrogens with two attached hydrogens (primary N) is 1. The van der Waals surface area contributed by atoms with Gasteiger partial charge in [0.05, 0.1) is 12.7 Å². The van der Waals surface area contributed by atoms with Crippen LogP contribution in [0, 0.1) is 5.92 Å². The molecule has 5 nitrogen and oxygen atoms in total. The molecule has 0 radical (unpaired) electrons. The molecule has 0 aliphatic heterocycles. The molecule has 1 amide bonds. The fourth-order valence-corrected chi connectivity index (χ4v) is 2.94. The first-order valence-electron chi connectivity index (χ1n) is 7.79. The summed E-state index contributed by atoms with van der Waals surface area (Å²) in [6, 6.07) is 10.4. The van der Waals surface area contributed by atoms with E-state index in [0.717, 1.165) is 31.4 Å². The maximum atomic E-state index is 12.1. The fraction of sp³-hybridized carbons (Fsp3) is 0.412. The summed E-state index contributed by atoms with van der Waals surface area (Å²) in [6.07, 6.45) is 6.45. The van der Waals surface area contributed by atoms with E-state index in [-0.39, 0.29) is 17.9 Å². The quantitative estimate of drug-likeness (QED) is 0.882. The number of carbonyl (C=O) groups excluding carboxylic acids is 1. The summed E-state index contributed by atoms with van der Waals surface area (Å²) in [4.78, 5) is 12.1. The van der Waals surface area contributed by atoms with Crippen LogP contribution >= 0.6 is 0 Å². The smallest absolute Gasteiger partial charge is 0.223 e. The van der Waals surface area contributed by atoms with Gasteiger partial charge in [0.25, 0.3) is 0 Å². The van der Waals surface area contributed by atoms with Crippen LogP contribution in [0.15, 0.2) is 42.7 Å². The average Bonchev–Trinajstić information content (AvgIpc) is 3.15. The van der Waals surface area contributed by atoms with E-state index in [9.17, 15) is 4.79 Å². The molecule has 1 aromatic heterocycles. The van der Waals surface area contributed by atoms with Crippen molar-refractivity contribution in [2.24, 2.45) is 11.7 Å². The standard InChI is InChI=1S/C17H22N4O/c18-16-7-6-15(8-16)17(22)19-9-14-10-20-21(12-14)11-13-4-2-1-3-5-13/h1-5,10,12,15-16H,6-9,11,18H2,(H,19,22). The number of hydrogen-bond acceptors (Lipinski definition) is 3. The highest BCUT2D eigenvalue weighted by atomic mass is 16.1. The van der Waals surface area contributed by atoms with Gasteiger partial charge in [-0.25, -0.2) is 0 Å². The van der Waals surface area contributed by atoms with E-state index >= 15 is 0 Å². The Kier molecular flexibility index (Phi) is 4.53. The largest absolute Gasteiger partial charge is 0.352 e. The van der Waals surface area contributed by atoms with E-state index in [4.69, 9.17) is 5.73 Å². The van der Waals surface area contributed by atoms with Crippen LogP contribution < -0.4 is 11.1 Å². The lowest BCUT2D eigenvalue weighted by molar-refractivity contribution is -0.125. The molecule has 1 fully saturated rings. The van der Waals surface area contributed by atoms with Gasteiger partial charge in [0.1, 0.15) is 0 Å². The number of hydrogen-bond donors (Lipinski definition) is 2. The summed E-state index contributed by atoms with van der Waals surface area (Å²) in [7, 11) is 0. The third-order valence-corrected chi connectivity index (χ3v) is 4.18. The van der Waals surface area contributed by atoms with Gasteiger partial charge in [-0.1, -0.05) is 30.3 Å². The fourth-order valence-electron chi connectivity index (χ4n) is 2.94. The van der Waals surface area contributed by atoms with Gasteiger partial charge in [-0.05, 0) is 24.8 Å². The predicted molar refractivity (Wildman–Crippen MR) is 84.9 cm³/mol. The van der Waals surface area contributed by atoms with Crippen LogP contribution in [-0.4, -0.2) is 21.7 Å². The van der Waals surface area contributed by atoms with Crippen LogP contribution in [0.5, 0.6) is 0 Å². The van der Waals surface area contributed by atoms with E-state index in [0.29, 0.717) is 6.54 Å². The van der Waals surface area contributed by atoms with Crippen LogP contribution in [0.25, 0.3) is 0 Å². The molecule has 5 heteroatoms. The number of aromatic nitrogens is 2. The number of benzene rings is 1. The number of amides is 1. The summed E-state index contributed by atoms with van der Waals surface area (Å²) in [5.74, 6) is 0.193. The first kappa shape index (κ1) is 14.8. The Hall–Kier alpha value is -2.14. The van der Waals surface area contributed by atoms with Crippen molar-refractivity contribution in [1.82, 2.24) is 15.1 Å². The van der Waals surface area contributed by atoms with Crippen molar-refractivity contribution in [3.63, 3.8) is 0 Å². The van der Waals surface area contributed by atoms with Gasteiger partial charge in [0, 0.05) is 30.3 Å². The third-order valence-electron chi connectivity index (χ3n) is 4.18. The van der Waals surface area contributed by atoms with Gasteiger partial charge in [0.2, 0.25) is 5.91 Å². The maximum absolute atomic E-state index is 12.1. The topological polar surface area (TPSA) is 72.9 Å². The molecule has 1 aliphatic rings. The molecule has 22 heavy (non-hydrogen) atoms. The monoisotopic (exact) mass is 298 g/mol. The Labute approximate surface area is 130 Å². The number of nitrogens with one attached hydrogen (secondary N) is 1. The Bertz CT molecular complexity index is 623. The van der Waals surface area contributed by atoms with Crippen molar-refractivity contribution in [1.29, 1.82) is 0 Å². The molecule has 2 unspecified atom stereocenters. The summed E-state index contributed by atoms with van der Waals surface area (Å²) in [6.45, 7) is 1.27. The lowest BCUT2D eigenvalue weighted by atomic mass is 10.1. The zero-order valence-electron chi connectivity index (χ0n) is 12.6. The zero-order valence-corrected chi connectivity index (χ0v) is 12.6. The van der Waals surface area contributed by atoms with Crippen molar-refractivity contribution in [2.75, 3.05) is 0 Å². The lowest BCUT2D eigenvalue weighted by Gasteiger charge is -2.09. The summed E-state index contributed by atoms with van der Waals surface area (Å²) >= 11 is 0. The maximum Gasteiger partial charge on any atom is 0.223 e. The number of rotatable bonds is 5. The molecule has 1 heterocycles. The van der Waals surface area contributed by atoms with Gasteiger partial charge in [-0.2, -0.15) is 5.10 Å². The molecule has 3 N–H and O–H groups in total. The Morgan fingerprint density at radius 3 is 2.82 bits per heavy atom. The van der Waals surface area contributed by atoms with Crippen molar-refractivity contribution in [2.45, 2.75) is 38.4 Å². The highest BCUT2D eigenvalue weighted by Crippen LogP contribution is 2.24. The van der Waals surface area contributed by atoms with E-state index in [1.54, 1.807) is 0 Å². The minimum atomic E-state index is 0.0781. The van der Waals surface area contributed by atoms with Gasteiger partial charge in [-0.15, -0.1) is 0 Å². The Morgan fingerprint density at radius 1 is 1.27 bits per heavy atom.